The number of nitro groups is 1. The number of nitro benzene ring substituents is 1. The summed E-state index contributed by atoms with van der Waals surface area (Å²) < 4.78 is 45.5. The summed E-state index contributed by atoms with van der Waals surface area (Å²) in [6.07, 6.45) is -5.75. The van der Waals surface area contributed by atoms with Gasteiger partial charge in [-0.15, -0.1) is 0 Å². The number of carbonyl (C=O) groups is 1. The van der Waals surface area contributed by atoms with Crippen molar-refractivity contribution in [2.24, 2.45) is 0 Å². The van der Waals surface area contributed by atoms with Gasteiger partial charge < -0.3 is 9.64 Å². The number of rotatable bonds is 3. The standard InChI is InChI=1S/C16H20F3N3O4S/c1-15(2,3)26-14(23)20-11-9-12(21-4-6-27-7-5-21)10(16(17,18)19)8-13(11)22(24)25/h8-9H,4-7H2,1-3H3,(H,20,23). The van der Waals surface area contributed by atoms with E-state index in [1.54, 1.807) is 32.5 Å². The first-order chi connectivity index (χ1) is 12.4. The van der Waals surface area contributed by atoms with Crippen molar-refractivity contribution in [3.63, 3.8) is 0 Å². The summed E-state index contributed by atoms with van der Waals surface area (Å²) in [6, 6.07) is 1.46. The van der Waals surface area contributed by atoms with E-state index in [-0.39, 0.29) is 11.4 Å². The number of ether oxygens (including phenoxy) is 1. The van der Waals surface area contributed by atoms with Gasteiger partial charge in [-0.05, 0) is 26.8 Å². The molecule has 0 atom stereocenters. The summed E-state index contributed by atoms with van der Waals surface area (Å²) in [6.45, 7) is 5.55. The number of hydrogen-bond acceptors (Lipinski definition) is 6. The monoisotopic (exact) mass is 407 g/mol. The summed E-state index contributed by atoms with van der Waals surface area (Å²) in [5, 5.41) is 13.5. The van der Waals surface area contributed by atoms with E-state index in [1.807, 2.05) is 0 Å². The van der Waals surface area contributed by atoms with Crippen LogP contribution in [0.1, 0.15) is 26.3 Å². The van der Waals surface area contributed by atoms with Crippen molar-refractivity contribution in [2.45, 2.75) is 32.5 Å². The third kappa shape index (κ3) is 5.65. The Balaban J connectivity index is 2.51. The molecule has 1 fully saturated rings. The smallest absolute Gasteiger partial charge is 0.418 e. The van der Waals surface area contributed by atoms with E-state index >= 15 is 0 Å². The van der Waals surface area contributed by atoms with Crippen molar-refractivity contribution in [1.29, 1.82) is 0 Å². The van der Waals surface area contributed by atoms with Crippen molar-refractivity contribution in [1.82, 2.24) is 0 Å². The quantitative estimate of drug-likeness (QED) is 0.586. The molecule has 0 bridgehead atoms. The fourth-order valence-corrected chi connectivity index (χ4v) is 3.44. The average Bonchev–Trinajstić information content (AvgIpc) is 2.52. The first-order valence-electron chi connectivity index (χ1n) is 8.11. The van der Waals surface area contributed by atoms with Gasteiger partial charge in [0.05, 0.1) is 16.2 Å². The van der Waals surface area contributed by atoms with Gasteiger partial charge in [0.15, 0.2) is 0 Å². The van der Waals surface area contributed by atoms with Crippen molar-refractivity contribution in [3.05, 3.63) is 27.8 Å². The maximum absolute atomic E-state index is 13.5. The fourth-order valence-electron chi connectivity index (χ4n) is 2.53. The minimum Gasteiger partial charge on any atom is -0.444 e. The zero-order chi connectivity index (χ0) is 20.4. The van der Waals surface area contributed by atoms with Gasteiger partial charge in [-0.25, -0.2) is 4.79 Å². The second kappa shape index (κ2) is 7.83. The van der Waals surface area contributed by atoms with Crippen LogP contribution in [0.15, 0.2) is 12.1 Å². The molecular formula is C16H20F3N3O4S. The molecule has 1 aromatic rings. The Morgan fingerprint density at radius 2 is 1.85 bits per heavy atom. The Hall–Kier alpha value is -2.17. The average molecular weight is 407 g/mol. The van der Waals surface area contributed by atoms with Crippen LogP contribution >= 0.6 is 11.8 Å². The van der Waals surface area contributed by atoms with Gasteiger partial charge in [0, 0.05) is 30.7 Å². The molecule has 11 heteroatoms. The predicted octanol–water partition coefficient (Wildman–Crippen LogP) is 4.51. The second-order valence-corrected chi connectivity index (χ2v) is 8.09. The van der Waals surface area contributed by atoms with E-state index in [9.17, 15) is 28.1 Å². The summed E-state index contributed by atoms with van der Waals surface area (Å²) in [7, 11) is 0. The SMILES string of the molecule is CC(C)(C)OC(=O)Nc1cc(N2CCSCC2)c(C(F)(F)F)cc1[N+](=O)[O-]. The lowest BCUT2D eigenvalue weighted by atomic mass is 10.1. The lowest BCUT2D eigenvalue weighted by Crippen LogP contribution is -2.34. The third-order valence-corrected chi connectivity index (χ3v) is 4.55. The second-order valence-electron chi connectivity index (χ2n) is 6.87. The Kier molecular flexibility index (Phi) is 6.13. The number of nitrogens with zero attached hydrogens (tertiary/aromatic N) is 2. The van der Waals surface area contributed by atoms with E-state index in [4.69, 9.17) is 4.74 Å². The molecule has 1 aliphatic heterocycles. The number of anilines is 2. The molecule has 1 aromatic carbocycles. The normalized spacial score (nSPS) is 15.4. The number of carbonyl (C=O) groups excluding carboxylic acids is 1. The highest BCUT2D eigenvalue weighted by atomic mass is 32.2. The van der Waals surface area contributed by atoms with Crippen molar-refractivity contribution in [3.8, 4) is 0 Å². The Bertz CT molecular complexity index is 729. The molecule has 0 aliphatic carbocycles. The highest BCUT2D eigenvalue weighted by Gasteiger charge is 2.38. The Morgan fingerprint density at radius 1 is 1.26 bits per heavy atom. The molecule has 0 aromatic heterocycles. The number of alkyl halides is 3. The highest BCUT2D eigenvalue weighted by Crippen LogP contribution is 2.42. The van der Waals surface area contributed by atoms with Crippen molar-refractivity contribution < 1.29 is 27.6 Å². The predicted molar refractivity (Wildman–Crippen MR) is 97.5 cm³/mol. The largest absolute Gasteiger partial charge is 0.444 e. The molecule has 1 amide bonds. The topological polar surface area (TPSA) is 84.7 Å². The molecule has 1 N–H and O–H groups in total. The van der Waals surface area contributed by atoms with Crippen LogP contribution in [-0.4, -0.2) is 41.2 Å². The van der Waals surface area contributed by atoms with Gasteiger partial charge in [0.1, 0.15) is 11.3 Å². The van der Waals surface area contributed by atoms with E-state index in [1.165, 1.54) is 4.90 Å². The fraction of sp³-hybridized carbons (Fsp3) is 0.562. The third-order valence-electron chi connectivity index (χ3n) is 3.60. The van der Waals surface area contributed by atoms with E-state index < -0.39 is 34.0 Å². The summed E-state index contributed by atoms with van der Waals surface area (Å²) in [5.41, 5.74) is -3.34. The minimum absolute atomic E-state index is 0.195. The summed E-state index contributed by atoms with van der Waals surface area (Å²) in [4.78, 5) is 23.8. The molecule has 0 saturated carbocycles. The van der Waals surface area contributed by atoms with Gasteiger partial charge in [0.25, 0.3) is 5.69 Å². The Morgan fingerprint density at radius 3 is 2.33 bits per heavy atom. The number of amides is 1. The molecule has 1 saturated heterocycles. The van der Waals surface area contributed by atoms with Crippen LogP contribution in [0, 0.1) is 10.1 Å². The molecule has 2 rings (SSSR count). The first kappa shape index (κ1) is 21.1. The van der Waals surface area contributed by atoms with E-state index in [2.05, 4.69) is 5.32 Å². The van der Waals surface area contributed by atoms with Crippen molar-refractivity contribution >= 4 is 34.9 Å². The van der Waals surface area contributed by atoms with E-state index in [0.717, 1.165) is 6.07 Å². The van der Waals surface area contributed by atoms with Crippen LogP contribution in [0.2, 0.25) is 0 Å². The molecule has 0 radical (unpaired) electrons. The molecule has 0 spiro atoms. The van der Waals surface area contributed by atoms with Crippen LogP contribution < -0.4 is 10.2 Å². The molecule has 7 nitrogen and oxygen atoms in total. The number of benzene rings is 1. The molecule has 1 heterocycles. The lowest BCUT2D eigenvalue weighted by Gasteiger charge is -2.31. The maximum atomic E-state index is 13.5. The zero-order valence-electron chi connectivity index (χ0n) is 15.1. The zero-order valence-corrected chi connectivity index (χ0v) is 15.9. The molecule has 27 heavy (non-hydrogen) atoms. The van der Waals surface area contributed by atoms with Crippen molar-refractivity contribution in [2.75, 3.05) is 34.8 Å². The molecule has 1 aliphatic rings. The van der Waals surface area contributed by atoms with Crippen LogP contribution in [0.5, 0.6) is 0 Å². The first-order valence-corrected chi connectivity index (χ1v) is 9.26. The van der Waals surface area contributed by atoms with Crippen LogP contribution in [0.4, 0.5) is 35.0 Å². The minimum atomic E-state index is -4.77. The number of thioether (sulfide) groups is 1. The van der Waals surface area contributed by atoms with Gasteiger partial charge >= 0.3 is 12.3 Å². The van der Waals surface area contributed by atoms with Crippen LogP contribution in [0.3, 0.4) is 0 Å². The molecule has 150 valence electrons. The number of nitrogens with one attached hydrogen (secondary N) is 1. The highest BCUT2D eigenvalue weighted by molar-refractivity contribution is 7.99. The van der Waals surface area contributed by atoms with Gasteiger partial charge in [0.2, 0.25) is 0 Å². The summed E-state index contributed by atoms with van der Waals surface area (Å²) in [5.74, 6) is 1.28. The van der Waals surface area contributed by atoms with Crippen LogP contribution in [0.25, 0.3) is 0 Å². The van der Waals surface area contributed by atoms with Gasteiger partial charge in [-0.3, -0.25) is 15.4 Å². The maximum Gasteiger partial charge on any atom is 0.418 e. The molecule has 0 unspecified atom stereocenters. The van der Waals surface area contributed by atoms with Crippen LogP contribution in [-0.2, 0) is 10.9 Å². The Labute approximate surface area is 158 Å². The van der Waals surface area contributed by atoms with Gasteiger partial charge in [-0.1, -0.05) is 0 Å². The number of halogens is 3. The van der Waals surface area contributed by atoms with E-state index in [0.29, 0.717) is 30.7 Å². The molecular weight excluding hydrogens is 387 g/mol. The lowest BCUT2D eigenvalue weighted by molar-refractivity contribution is -0.384. The number of hydrogen-bond donors (Lipinski definition) is 1. The van der Waals surface area contributed by atoms with Gasteiger partial charge in [-0.2, -0.15) is 24.9 Å². The summed E-state index contributed by atoms with van der Waals surface area (Å²) >= 11 is 1.62.